The van der Waals surface area contributed by atoms with E-state index in [9.17, 15) is 14.9 Å². The van der Waals surface area contributed by atoms with Gasteiger partial charge in [0.2, 0.25) is 0 Å². The summed E-state index contributed by atoms with van der Waals surface area (Å²) in [6.45, 7) is 8.41. The maximum absolute atomic E-state index is 11.6. The predicted molar refractivity (Wildman–Crippen MR) is 77.9 cm³/mol. The highest BCUT2D eigenvalue weighted by atomic mass is 16.6. The lowest BCUT2D eigenvalue weighted by Gasteiger charge is -2.17. The molecule has 0 aromatic carbocycles. The van der Waals surface area contributed by atoms with Crippen LogP contribution in [0.25, 0.3) is 0 Å². The quantitative estimate of drug-likeness (QED) is 0.438. The number of esters is 1. The molecular weight excluding hydrogens is 274 g/mol. The Hall–Kier alpha value is -1.92. The monoisotopic (exact) mass is 297 g/mol. The molecule has 0 bridgehead atoms. The number of ether oxygens (including phenoxy) is 1. The average Bonchev–Trinajstić information content (AvgIpc) is 2.69. The standard InChI is InChI=1S/C14H23N3O4/c1-11-15-10-12(17(19)20)16(11)8-9-21-13(18)6-5-7-14(2,3)4/h10H,5-9H2,1-4H3. The van der Waals surface area contributed by atoms with E-state index in [0.29, 0.717) is 12.2 Å². The number of aromatic nitrogens is 2. The molecule has 0 spiro atoms. The average molecular weight is 297 g/mol. The van der Waals surface area contributed by atoms with E-state index in [-0.39, 0.29) is 30.4 Å². The van der Waals surface area contributed by atoms with Crippen molar-refractivity contribution in [3.05, 3.63) is 22.1 Å². The third-order valence-electron chi connectivity index (χ3n) is 3.11. The summed E-state index contributed by atoms with van der Waals surface area (Å²) in [5, 5.41) is 10.8. The fraction of sp³-hybridized carbons (Fsp3) is 0.714. The summed E-state index contributed by atoms with van der Waals surface area (Å²) in [5.41, 5.74) is 0.203. The Balaban J connectivity index is 2.35. The molecule has 7 heteroatoms. The summed E-state index contributed by atoms with van der Waals surface area (Å²) in [6.07, 6.45) is 3.32. The minimum atomic E-state index is -0.495. The van der Waals surface area contributed by atoms with Crippen molar-refractivity contribution in [1.29, 1.82) is 0 Å². The van der Waals surface area contributed by atoms with Gasteiger partial charge in [0.05, 0.1) is 0 Å². The van der Waals surface area contributed by atoms with Crippen LogP contribution >= 0.6 is 0 Å². The van der Waals surface area contributed by atoms with Gasteiger partial charge in [-0.15, -0.1) is 0 Å². The minimum Gasteiger partial charge on any atom is -0.461 e. The van der Waals surface area contributed by atoms with Crippen molar-refractivity contribution in [2.45, 2.75) is 53.5 Å². The Bertz CT molecular complexity index is 503. The van der Waals surface area contributed by atoms with E-state index in [1.165, 1.54) is 10.8 Å². The number of aryl methyl sites for hydroxylation is 1. The van der Waals surface area contributed by atoms with E-state index in [1.807, 2.05) is 0 Å². The zero-order chi connectivity index (χ0) is 16.0. The molecule has 0 radical (unpaired) electrons. The maximum Gasteiger partial charge on any atom is 0.342 e. The van der Waals surface area contributed by atoms with Crippen LogP contribution < -0.4 is 0 Å². The third kappa shape index (κ3) is 5.93. The first kappa shape index (κ1) is 17.1. The molecule has 1 aromatic heterocycles. The largest absolute Gasteiger partial charge is 0.461 e. The molecule has 0 atom stereocenters. The highest BCUT2D eigenvalue weighted by molar-refractivity contribution is 5.69. The maximum atomic E-state index is 11.6. The topological polar surface area (TPSA) is 87.3 Å². The molecule has 1 aromatic rings. The Kier molecular flexibility index (Phi) is 5.87. The van der Waals surface area contributed by atoms with E-state index in [1.54, 1.807) is 6.92 Å². The second-order valence-corrected chi connectivity index (χ2v) is 6.21. The molecule has 0 aliphatic carbocycles. The van der Waals surface area contributed by atoms with Gasteiger partial charge in [-0.2, -0.15) is 0 Å². The molecule has 1 rings (SSSR count). The molecule has 0 aliphatic rings. The van der Waals surface area contributed by atoms with Gasteiger partial charge in [-0.05, 0) is 23.2 Å². The van der Waals surface area contributed by atoms with Crippen LogP contribution in [0.15, 0.2) is 6.20 Å². The number of hydrogen-bond donors (Lipinski definition) is 0. The van der Waals surface area contributed by atoms with Crippen molar-refractivity contribution < 1.29 is 14.5 Å². The molecule has 0 N–H and O–H groups in total. The molecule has 21 heavy (non-hydrogen) atoms. The molecule has 0 aliphatic heterocycles. The van der Waals surface area contributed by atoms with E-state index < -0.39 is 4.92 Å². The summed E-state index contributed by atoms with van der Waals surface area (Å²) in [7, 11) is 0. The Labute approximate surface area is 124 Å². The lowest BCUT2D eigenvalue weighted by Crippen LogP contribution is -2.14. The Morgan fingerprint density at radius 1 is 1.48 bits per heavy atom. The van der Waals surface area contributed by atoms with E-state index in [0.717, 1.165) is 12.8 Å². The van der Waals surface area contributed by atoms with Gasteiger partial charge >= 0.3 is 11.8 Å². The van der Waals surface area contributed by atoms with Crippen molar-refractivity contribution >= 4 is 11.8 Å². The van der Waals surface area contributed by atoms with Crippen molar-refractivity contribution in [3.63, 3.8) is 0 Å². The first-order valence-electron chi connectivity index (χ1n) is 7.03. The number of imidazole rings is 1. The molecule has 0 amide bonds. The van der Waals surface area contributed by atoms with Crippen LogP contribution in [0.1, 0.15) is 45.9 Å². The fourth-order valence-corrected chi connectivity index (χ4v) is 1.96. The third-order valence-corrected chi connectivity index (χ3v) is 3.11. The number of nitro groups is 1. The zero-order valence-electron chi connectivity index (χ0n) is 13.1. The smallest absolute Gasteiger partial charge is 0.342 e. The van der Waals surface area contributed by atoms with Crippen LogP contribution in [0, 0.1) is 22.5 Å². The number of nitrogens with zero attached hydrogens (tertiary/aromatic N) is 3. The van der Waals surface area contributed by atoms with Crippen LogP contribution in [-0.2, 0) is 16.1 Å². The predicted octanol–water partition coefficient (Wildman–Crippen LogP) is 2.86. The highest BCUT2D eigenvalue weighted by Gasteiger charge is 2.17. The SMILES string of the molecule is Cc1ncc([N+](=O)[O-])n1CCOC(=O)CCCC(C)(C)C. The van der Waals surface area contributed by atoms with Gasteiger partial charge in [0.15, 0.2) is 5.82 Å². The lowest BCUT2D eigenvalue weighted by molar-refractivity contribution is -0.392. The summed E-state index contributed by atoms with van der Waals surface area (Å²) >= 11 is 0. The van der Waals surface area contributed by atoms with Gasteiger partial charge in [0.25, 0.3) is 0 Å². The lowest BCUT2D eigenvalue weighted by atomic mass is 9.90. The number of rotatable bonds is 7. The summed E-state index contributed by atoms with van der Waals surface area (Å²) in [6, 6.07) is 0. The summed E-state index contributed by atoms with van der Waals surface area (Å²) in [5.74, 6) is 0.182. The molecule has 7 nitrogen and oxygen atoms in total. The second-order valence-electron chi connectivity index (χ2n) is 6.21. The number of carbonyl (C=O) groups is 1. The first-order chi connectivity index (χ1) is 9.70. The van der Waals surface area contributed by atoms with Crippen molar-refractivity contribution in [2.75, 3.05) is 6.61 Å². The molecule has 0 saturated carbocycles. The van der Waals surface area contributed by atoms with Crippen LogP contribution in [0.5, 0.6) is 0 Å². The van der Waals surface area contributed by atoms with Crippen LogP contribution in [-0.4, -0.2) is 27.1 Å². The van der Waals surface area contributed by atoms with Crippen LogP contribution in [0.4, 0.5) is 5.82 Å². The van der Waals surface area contributed by atoms with Crippen LogP contribution in [0.3, 0.4) is 0 Å². The molecule has 0 fully saturated rings. The van der Waals surface area contributed by atoms with E-state index >= 15 is 0 Å². The van der Waals surface area contributed by atoms with Gasteiger partial charge < -0.3 is 14.9 Å². The van der Waals surface area contributed by atoms with Gasteiger partial charge in [-0.1, -0.05) is 20.8 Å². The molecule has 118 valence electrons. The Morgan fingerprint density at radius 2 is 2.14 bits per heavy atom. The normalized spacial score (nSPS) is 11.4. The van der Waals surface area contributed by atoms with Crippen molar-refractivity contribution in [1.82, 2.24) is 9.55 Å². The minimum absolute atomic E-state index is 0.0868. The van der Waals surface area contributed by atoms with Gasteiger partial charge in [0, 0.05) is 13.3 Å². The second kappa shape index (κ2) is 7.19. The number of carbonyl (C=O) groups excluding carboxylic acids is 1. The van der Waals surface area contributed by atoms with E-state index in [4.69, 9.17) is 4.74 Å². The van der Waals surface area contributed by atoms with Crippen molar-refractivity contribution in [2.24, 2.45) is 5.41 Å². The molecule has 0 saturated heterocycles. The molecule has 0 unspecified atom stereocenters. The molecule has 1 heterocycles. The zero-order valence-corrected chi connectivity index (χ0v) is 13.1. The van der Waals surface area contributed by atoms with Crippen LogP contribution in [0.2, 0.25) is 0 Å². The summed E-state index contributed by atoms with van der Waals surface area (Å²) < 4.78 is 6.54. The highest BCUT2D eigenvalue weighted by Crippen LogP contribution is 2.21. The first-order valence-corrected chi connectivity index (χ1v) is 7.03. The van der Waals surface area contributed by atoms with Gasteiger partial charge in [0.1, 0.15) is 19.3 Å². The fourth-order valence-electron chi connectivity index (χ4n) is 1.96. The van der Waals surface area contributed by atoms with E-state index in [2.05, 4.69) is 25.8 Å². The Morgan fingerprint density at radius 3 is 2.71 bits per heavy atom. The van der Waals surface area contributed by atoms with Crippen molar-refractivity contribution in [3.8, 4) is 0 Å². The summed E-state index contributed by atoms with van der Waals surface area (Å²) in [4.78, 5) is 25.8. The van der Waals surface area contributed by atoms with Gasteiger partial charge in [-0.25, -0.2) is 9.55 Å². The number of hydrogen-bond acceptors (Lipinski definition) is 5. The molecular formula is C14H23N3O4. The van der Waals surface area contributed by atoms with Gasteiger partial charge in [-0.3, -0.25) is 4.79 Å².